The molecule has 0 aliphatic carbocycles. The largest absolute Gasteiger partial charge is 0.573 e. The van der Waals surface area contributed by atoms with E-state index in [0.29, 0.717) is 17.2 Å². The van der Waals surface area contributed by atoms with E-state index in [-0.39, 0.29) is 5.75 Å². The number of hydrogen-bond donors (Lipinski definition) is 1. The van der Waals surface area contributed by atoms with Crippen LogP contribution >= 0.6 is 0 Å². The predicted octanol–water partition coefficient (Wildman–Crippen LogP) is 4.64. The molecule has 0 saturated carbocycles. The van der Waals surface area contributed by atoms with E-state index in [0.717, 1.165) is 29.8 Å². The number of aromatic nitrogens is 4. The lowest BCUT2D eigenvalue weighted by Crippen LogP contribution is -2.16. The normalized spacial score (nSPS) is 11.5. The van der Waals surface area contributed by atoms with Gasteiger partial charge in [0.2, 0.25) is 0 Å². The van der Waals surface area contributed by atoms with Crippen molar-refractivity contribution in [1.82, 2.24) is 19.7 Å². The molecule has 3 rings (SSSR count). The Bertz CT molecular complexity index is 951. The van der Waals surface area contributed by atoms with Crippen LogP contribution in [0.1, 0.15) is 25.2 Å². The second kappa shape index (κ2) is 7.87. The molecule has 0 saturated heterocycles. The van der Waals surface area contributed by atoms with E-state index in [1.54, 1.807) is 12.4 Å². The van der Waals surface area contributed by atoms with E-state index < -0.39 is 6.36 Å². The molecule has 3 aromatic rings. The minimum Gasteiger partial charge on any atom is -0.406 e. The van der Waals surface area contributed by atoms with Gasteiger partial charge in [0, 0.05) is 24.0 Å². The number of alkyl halides is 3. The number of benzene rings is 1. The van der Waals surface area contributed by atoms with E-state index in [4.69, 9.17) is 0 Å². The van der Waals surface area contributed by atoms with Crippen molar-refractivity contribution < 1.29 is 17.9 Å². The fourth-order valence-corrected chi connectivity index (χ4v) is 3.00. The van der Waals surface area contributed by atoms with Crippen LogP contribution in [0.4, 0.5) is 24.7 Å². The van der Waals surface area contributed by atoms with Gasteiger partial charge in [0.05, 0.1) is 23.8 Å². The summed E-state index contributed by atoms with van der Waals surface area (Å²) < 4.78 is 42.5. The van der Waals surface area contributed by atoms with Crippen molar-refractivity contribution in [2.24, 2.45) is 7.05 Å². The minimum absolute atomic E-state index is 0.284. The number of hydrogen-bond acceptors (Lipinski definition) is 5. The van der Waals surface area contributed by atoms with Gasteiger partial charge >= 0.3 is 6.36 Å². The summed E-state index contributed by atoms with van der Waals surface area (Å²) in [6.07, 6.45) is 0.0898. The molecule has 0 atom stereocenters. The third-order valence-electron chi connectivity index (χ3n) is 4.16. The highest BCUT2D eigenvalue weighted by atomic mass is 19.4. The van der Waals surface area contributed by atoms with Gasteiger partial charge in [0.1, 0.15) is 11.6 Å². The summed E-state index contributed by atoms with van der Waals surface area (Å²) in [5.74, 6) is 0.198. The Hall–Kier alpha value is -3.10. The summed E-state index contributed by atoms with van der Waals surface area (Å²) in [4.78, 5) is 8.86. The molecule has 28 heavy (non-hydrogen) atoms. The fourth-order valence-electron chi connectivity index (χ4n) is 3.00. The van der Waals surface area contributed by atoms with Crippen molar-refractivity contribution in [3.63, 3.8) is 0 Å². The zero-order valence-electron chi connectivity index (χ0n) is 15.7. The summed E-state index contributed by atoms with van der Waals surface area (Å²) >= 11 is 0. The van der Waals surface area contributed by atoms with Crippen LogP contribution in [-0.2, 0) is 19.9 Å². The summed E-state index contributed by atoms with van der Waals surface area (Å²) in [5, 5.41) is 7.60. The smallest absolute Gasteiger partial charge is 0.406 e. The summed E-state index contributed by atoms with van der Waals surface area (Å²) in [6.45, 7) is 4.09. The molecular formula is C19H20F3N5O. The Kier molecular flexibility index (Phi) is 5.53. The van der Waals surface area contributed by atoms with Gasteiger partial charge in [-0.25, -0.2) is 4.98 Å². The maximum atomic E-state index is 12.3. The van der Waals surface area contributed by atoms with Gasteiger partial charge in [-0.15, -0.1) is 13.2 Å². The van der Waals surface area contributed by atoms with Gasteiger partial charge < -0.3 is 10.1 Å². The van der Waals surface area contributed by atoms with Crippen molar-refractivity contribution in [3.05, 3.63) is 48.0 Å². The fraction of sp³-hybridized carbons (Fsp3) is 0.316. The van der Waals surface area contributed by atoms with E-state index in [9.17, 15) is 13.2 Å². The van der Waals surface area contributed by atoms with Crippen LogP contribution in [0, 0.1) is 0 Å². The van der Waals surface area contributed by atoms with Crippen LogP contribution < -0.4 is 10.1 Å². The van der Waals surface area contributed by atoms with Gasteiger partial charge in [-0.1, -0.05) is 13.8 Å². The molecule has 2 aromatic heterocycles. The van der Waals surface area contributed by atoms with E-state index in [1.807, 2.05) is 18.7 Å². The number of nitrogens with one attached hydrogen (secondary N) is 1. The highest BCUT2D eigenvalue weighted by Gasteiger charge is 2.30. The number of aryl methyl sites for hydroxylation is 2. The quantitative estimate of drug-likeness (QED) is 0.663. The topological polar surface area (TPSA) is 64.9 Å². The summed E-state index contributed by atoms with van der Waals surface area (Å²) in [7, 11) is 1.90. The second-order valence-electron chi connectivity index (χ2n) is 6.09. The Morgan fingerprint density at radius 3 is 2.39 bits per heavy atom. The van der Waals surface area contributed by atoms with Gasteiger partial charge in [0.15, 0.2) is 0 Å². The van der Waals surface area contributed by atoms with Crippen LogP contribution in [-0.4, -0.2) is 26.1 Å². The highest BCUT2D eigenvalue weighted by Crippen LogP contribution is 2.28. The average Bonchev–Trinajstić information content (AvgIpc) is 2.98. The molecule has 1 aromatic carbocycles. The molecule has 0 radical (unpaired) electrons. The second-order valence-corrected chi connectivity index (χ2v) is 6.09. The van der Waals surface area contributed by atoms with Crippen LogP contribution in [0.3, 0.4) is 0 Å². The zero-order valence-corrected chi connectivity index (χ0v) is 15.7. The van der Waals surface area contributed by atoms with Crippen LogP contribution in [0.25, 0.3) is 11.3 Å². The molecule has 0 bridgehead atoms. The van der Waals surface area contributed by atoms with Gasteiger partial charge in [-0.05, 0) is 37.1 Å². The number of nitrogens with zero attached hydrogens (tertiary/aromatic N) is 4. The standard InChI is InChI=1S/C19H20F3N5O/c1-4-14-18(16(5-2)27(3)26-14)15-10-23-11-17(25-15)24-12-6-8-13(9-7-12)28-19(20,21)22/h6-11H,4-5H2,1-3H3,(H,24,25). The zero-order chi connectivity index (χ0) is 20.3. The SMILES string of the molecule is CCc1nn(C)c(CC)c1-c1cncc(Nc2ccc(OC(F)(F)F)cc2)n1. The molecule has 0 aliphatic rings. The van der Waals surface area contributed by atoms with Crippen molar-refractivity contribution in [2.45, 2.75) is 33.1 Å². The molecule has 0 unspecified atom stereocenters. The lowest BCUT2D eigenvalue weighted by Gasteiger charge is -2.11. The van der Waals surface area contributed by atoms with Crippen molar-refractivity contribution in [2.75, 3.05) is 5.32 Å². The Labute approximate surface area is 160 Å². The van der Waals surface area contributed by atoms with Crippen LogP contribution in [0.5, 0.6) is 5.75 Å². The maximum absolute atomic E-state index is 12.3. The minimum atomic E-state index is -4.72. The van der Waals surface area contributed by atoms with Crippen molar-refractivity contribution in [3.8, 4) is 17.0 Å². The molecule has 9 heteroatoms. The third kappa shape index (κ3) is 4.41. The molecule has 0 spiro atoms. The lowest BCUT2D eigenvalue weighted by molar-refractivity contribution is -0.274. The van der Waals surface area contributed by atoms with Gasteiger partial charge in [-0.3, -0.25) is 9.67 Å². The Morgan fingerprint density at radius 1 is 1.07 bits per heavy atom. The average molecular weight is 391 g/mol. The molecule has 148 valence electrons. The third-order valence-corrected chi connectivity index (χ3v) is 4.16. The Balaban J connectivity index is 1.85. The first-order valence-corrected chi connectivity index (χ1v) is 8.80. The molecular weight excluding hydrogens is 371 g/mol. The van der Waals surface area contributed by atoms with Gasteiger partial charge in [0.25, 0.3) is 0 Å². The van der Waals surface area contributed by atoms with Crippen molar-refractivity contribution in [1.29, 1.82) is 0 Å². The highest BCUT2D eigenvalue weighted by molar-refractivity contribution is 5.67. The lowest BCUT2D eigenvalue weighted by atomic mass is 10.1. The molecule has 0 aliphatic heterocycles. The number of anilines is 2. The van der Waals surface area contributed by atoms with E-state index in [2.05, 4.69) is 32.0 Å². The van der Waals surface area contributed by atoms with Crippen LogP contribution in [0.2, 0.25) is 0 Å². The molecule has 6 nitrogen and oxygen atoms in total. The predicted molar refractivity (Wildman–Crippen MR) is 99.4 cm³/mol. The number of halogens is 3. The van der Waals surface area contributed by atoms with E-state index in [1.165, 1.54) is 24.3 Å². The molecule has 0 fully saturated rings. The van der Waals surface area contributed by atoms with Gasteiger partial charge in [-0.2, -0.15) is 5.10 Å². The summed E-state index contributed by atoms with van der Waals surface area (Å²) in [6, 6.07) is 5.43. The summed E-state index contributed by atoms with van der Waals surface area (Å²) in [5.41, 5.74) is 4.25. The first kappa shape index (κ1) is 19.7. The van der Waals surface area contributed by atoms with Crippen LogP contribution in [0.15, 0.2) is 36.7 Å². The first-order valence-electron chi connectivity index (χ1n) is 8.80. The first-order chi connectivity index (χ1) is 13.3. The van der Waals surface area contributed by atoms with Crippen molar-refractivity contribution >= 4 is 11.5 Å². The molecule has 0 amide bonds. The Morgan fingerprint density at radius 2 is 1.79 bits per heavy atom. The monoisotopic (exact) mass is 391 g/mol. The maximum Gasteiger partial charge on any atom is 0.573 e. The van der Waals surface area contributed by atoms with E-state index >= 15 is 0 Å². The number of rotatable bonds is 6. The molecule has 1 N–H and O–H groups in total. The number of ether oxygens (including phenoxy) is 1. The molecule has 2 heterocycles.